The third kappa shape index (κ3) is 3.99. The van der Waals surface area contributed by atoms with Gasteiger partial charge in [-0.3, -0.25) is 9.78 Å². The molecule has 1 N–H and O–H groups in total. The Labute approximate surface area is 165 Å². The first-order valence-corrected chi connectivity index (χ1v) is 10.00. The Balaban J connectivity index is 1.47. The van der Waals surface area contributed by atoms with E-state index < -0.39 is 5.66 Å². The van der Waals surface area contributed by atoms with Crippen molar-refractivity contribution in [2.24, 2.45) is 10.2 Å². The SMILES string of the molecule is C#CCCC1(CCC(=O)Nc2ccc(N3CCCCC3)c3ccncc23)N=N1. The Kier molecular flexibility index (Phi) is 5.25. The maximum atomic E-state index is 12.5. The summed E-state index contributed by atoms with van der Waals surface area (Å²) in [6.45, 7) is 2.16. The number of pyridine rings is 1. The van der Waals surface area contributed by atoms with Crippen molar-refractivity contribution in [2.45, 2.75) is 50.6 Å². The van der Waals surface area contributed by atoms with Crippen LogP contribution in [0.15, 0.2) is 40.8 Å². The second-order valence-corrected chi connectivity index (χ2v) is 7.54. The molecule has 0 radical (unpaired) electrons. The van der Waals surface area contributed by atoms with E-state index in [9.17, 15) is 4.79 Å². The van der Waals surface area contributed by atoms with Gasteiger partial charge in [-0.2, -0.15) is 10.2 Å². The minimum Gasteiger partial charge on any atom is -0.371 e. The summed E-state index contributed by atoms with van der Waals surface area (Å²) in [6, 6.07) is 6.14. The number of terminal acetylenes is 1. The Morgan fingerprint density at radius 2 is 1.96 bits per heavy atom. The van der Waals surface area contributed by atoms with Gasteiger partial charge in [0.05, 0.1) is 5.69 Å². The van der Waals surface area contributed by atoms with Gasteiger partial charge in [0.25, 0.3) is 0 Å². The van der Waals surface area contributed by atoms with Gasteiger partial charge < -0.3 is 10.2 Å². The van der Waals surface area contributed by atoms with Crippen molar-refractivity contribution in [2.75, 3.05) is 23.3 Å². The summed E-state index contributed by atoms with van der Waals surface area (Å²) < 4.78 is 0. The molecule has 28 heavy (non-hydrogen) atoms. The van der Waals surface area contributed by atoms with E-state index in [1.54, 1.807) is 0 Å². The van der Waals surface area contributed by atoms with Gasteiger partial charge in [-0.25, -0.2) is 0 Å². The summed E-state index contributed by atoms with van der Waals surface area (Å²) in [5.41, 5.74) is 1.60. The molecule has 0 unspecified atom stereocenters. The predicted octanol–water partition coefficient (Wildman–Crippen LogP) is 4.52. The molecule has 6 heteroatoms. The predicted molar refractivity (Wildman–Crippen MR) is 111 cm³/mol. The van der Waals surface area contributed by atoms with Crippen LogP contribution in [0.5, 0.6) is 0 Å². The first-order chi connectivity index (χ1) is 13.7. The lowest BCUT2D eigenvalue weighted by molar-refractivity contribution is -0.116. The molecule has 1 fully saturated rings. The van der Waals surface area contributed by atoms with Gasteiger partial charge in [0.15, 0.2) is 5.66 Å². The standard InChI is InChI=1S/C22H25N5O/c1-2-3-11-22(25-26-22)12-9-21(28)24-19-7-8-20(27-14-5-4-6-15-27)17-10-13-23-16-18(17)19/h1,7-8,10,13,16H,3-6,9,11-12,14-15H2,(H,24,28). The highest BCUT2D eigenvalue weighted by molar-refractivity contribution is 6.06. The first kappa shape index (κ1) is 18.4. The molecule has 1 saturated heterocycles. The molecule has 0 saturated carbocycles. The molecule has 3 heterocycles. The molecule has 2 aliphatic heterocycles. The van der Waals surface area contributed by atoms with Crippen molar-refractivity contribution in [3.63, 3.8) is 0 Å². The van der Waals surface area contributed by atoms with Gasteiger partial charge in [0.2, 0.25) is 5.91 Å². The molecule has 2 aromatic rings. The average Bonchev–Trinajstić information content (AvgIpc) is 3.52. The van der Waals surface area contributed by atoms with E-state index in [4.69, 9.17) is 6.42 Å². The largest absolute Gasteiger partial charge is 0.371 e. The fraction of sp³-hybridized carbons (Fsp3) is 0.455. The fourth-order valence-electron chi connectivity index (χ4n) is 3.89. The highest BCUT2D eigenvalue weighted by Crippen LogP contribution is 2.38. The van der Waals surface area contributed by atoms with E-state index in [2.05, 4.69) is 37.4 Å². The van der Waals surface area contributed by atoms with Crippen molar-refractivity contribution in [1.82, 2.24) is 4.98 Å². The molecule has 6 nitrogen and oxygen atoms in total. The summed E-state index contributed by atoms with van der Waals surface area (Å²) in [6.07, 6.45) is 15.0. The van der Waals surface area contributed by atoms with Crippen molar-refractivity contribution in [3.8, 4) is 12.3 Å². The highest BCUT2D eigenvalue weighted by atomic mass is 16.1. The Bertz CT molecular complexity index is 934. The molecule has 0 bridgehead atoms. The third-order valence-corrected chi connectivity index (χ3v) is 5.57. The van der Waals surface area contributed by atoms with Gasteiger partial charge in [-0.05, 0) is 37.5 Å². The number of amides is 1. The van der Waals surface area contributed by atoms with E-state index in [1.807, 2.05) is 24.5 Å². The number of nitrogens with one attached hydrogen (secondary N) is 1. The molecule has 2 aliphatic rings. The van der Waals surface area contributed by atoms with Gasteiger partial charge in [0.1, 0.15) is 0 Å². The summed E-state index contributed by atoms with van der Waals surface area (Å²) >= 11 is 0. The monoisotopic (exact) mass is 375 g/mol. The van der Waals surface area contributed by atoms with Crippen LogP contribution in [0.25, 0.3) is 10.8 Å². The molecule has 1 aromatic carbocycles. The van der Waals surface area contributed by atoms with E-state index in [0.717, 1.165) is 29.5 Å². The number of nitrogens with zero attached hydrogens (tertiary/aromatic N) is 4. The van der Waals surface area contributed by atoms with Crippen LogP contribution in [0.1, 0.15) is 44.9 Å². The Morgan fingerprint density at radius 1 is 1.14 bits per heavy atom. The number of rotatable bonds is 7. The van der Waals surface area contributed by atoms with Crippen LogP contribution in [0, 0.1) is 12.3 Å². The quantitative estimate of drug-likeness (QED) is 0.723. The Morgan fingerprint density at radius 3 is 2.71 bits per heavy atom. The minimum atomic E-state index is -0.425. The molecule has 0 aliphatic carbocycles. The zero-order chi connectivity index (χ0) is 19.4. The number of benzene rings is 1. The highest BCUT2D eigenvalue weighted by Gasteiger charge is 2.39. The van der Waals surface area contributed by atoms with Gasteiger partial charge in [-0.15, -0.1) is 12.3 Å². The number of aromatic nitrogens is 1. The smallest absolute Gasteiger partial charge is 0.224 e. The maximum absolute atomic E-state index is 12.5. The number of hydrogen-bond donors (Lipinski definition) is 1. The zero-order valence-corrected chi connectivity index (χ0v) is 16.0. The van der Waals surface area contributed by atoms with Crippen LogP contribution < -0.4 is 10.2 Å². The lowest BCUT2D eigenvalue weighted by Crippen LogP contribution is -2.29. The van der Waals surface area contributed by atoms with Gasteiger partial charge in [0, 0.05) is 67.6 Å². The number of anilines is 2. The number of carbonyl (C=O) groups excluding carboxylic acids is 1. The lowest BCUT2D eigenvalue weighted by atomic mass is 10.0. The molecule has 144 valence electrons. The summed E-state index contributed by atoms with van der Waals surface area (Å²) in [4.78, 5) is 19.2. The number of fused-ring (bicyclic) bond motifs is 1. The van der Waals surface area contributed by atoms with E-state index >= 15 is 0 Å². The van der Waals surface area contributed by atoms with Gasteiger partial charge in [-0.1, -0.05) is 0 Å². The minimum absolute atomic E-state index is 0.0340. The van der Waals surface area contributed by atoms with Gasteiger partial charge >= 0.3 is 0 Å². The fourth-order valence-corrected chi connectivity index (χ4v) is 3.89. The molecular formula is C22H25N5O. The van der Waals surface area contributed by atoms with Crippen molar-refractivity contribution < 1.29 is 4.79 Å². The molecular weight excluding hydrogens is 350 g/mol. The Hall–Kier alpha value is -2.94. The first-order valence-electron chi connectivity index (χ1n) is 10.00. The molecule has 1 aromatic heterocycles. The lowest BCUT2D eigenvalue weighted by Gasteiger charge is -2.30. The van der Waals surface area contributed by atoms with Crippen LogP contribution in [0.4, 0.5) is 11.4 Å². The number of piperidine rings is 1. The second-order valence-electron chi connectivity index (χ2n) is 7.54. The van der Waals surface area contributed by atoms with Crippen LogP contribution >= 0.6 is 0 Å². The van der Waals surface area contributed by atoms with Crippen molar-refractivity contribution >= 4 is 28.1 Å². The molecule has 1 amide bonds. The number of hydrogen-bond acceptors (Lipinski definition) is 5. The van der Waals surface area contributed by atoms with Crippen LogP contribution in [0.2, 0.25) is 0 Å². The topological polar surface area (TPSA) is 70.0 Å². The van der Waals surface area contributed by atoms with E-state index in [0.29, 0.717) is 25.7 Å². The van der Waals surface area contributed by atoms with Crippen molar-refractivity contribution in [3.05, 3.63) is 30.6 Å². The molecule has 0 atom stereocenters. The number of carbonyl (C=O) groups is 1. The van der Waals surface area contributed by atoms with Crippen LogP contribution in [-0.4, -0.2) is 29.6 Å². The molecule has 0 spiro atoms. The van der Waals surface area contributed by atoms with E-state index in [1.165, 1.54) is 24.9 Å². The second kappa shape index (κ2) is 7.97. The van der Waals surface area contributed by atoms with Crippen LogP contribution in [-0.2, 0) is 4.79 Å². The van der Waals surface area contributed by atoms with E-state index in [-0.39, 0.29) is 5.91 Å². The summed E-state index contributed by atoms with van der Waals surface area (Å²) in [5, 5.41) is 13.4. The van der Waals surface area contributed by atoms with Crippen LogP contribution in [0.3, 0.4) is 0 Å². The normalized spacial score (nSPS) is 17.3. The summed E-state index contributed by atoms with van der Waals surface area (Å²) in [7, 11) is 0. The average molecular weight is 375 g/mol. The summed E-state index contributed by atoms with van der Waals surface area (Å²) in [5.74, 6) is 2.58. The molecule has 4 rings (SSSR count). The third-order valence-electron chi connectivity index (χ3n) is 5.57. The maximum Gasteiger partial charge on any atom is 0.224 e. The zero-order valence-electron chi connectivity index (χ0n) is 16.0. The van der Waals surface area contributed by atoms with Crippen molar-refractivity contribution in [1.29, 1.82) is 0 Å².